The number of fused-ring (bicyclic) bond motifs is 4. The van der Waals surface area contributed by atoms with Crippen LogP contribution in [0.1, 0.15) is 60.9 Å². The van der Waals surface area contributed by atoms with Gasteiger partial charge in [0.2, 0.25) is 5.91 Å². The molecule has 2 fully saturated rings. The van der Waals surface area contributed by atoms with Crippen molar-refractivity contribution in [3.8, 4) is 22.6 Å². The van der Waals surface area contributed by atoms with Crippen molar-refractivity contribution in [2.75, 3.05) is 59.0 Å². The summed E-state index contributed by atoms with van der Waals surface area (Å²) in [4.78, 5) is 49.0. The lowest BCUT2D eigenvalue weighted by Crippen LogP contribution is -2.62. The quantitative estimate of drug-likeness (QED) is 0.114. The molecule has 1 N–H and O–H groups in total. The van der Waals surface area contributed by atoms with Gasteiger partial charge < -0.3 is 29.0 Å². The molecule has 0 spiro atoms. The van der Waals surface area contributed by atoms with Crippen LogP contribution < -0.4 is 10.1 Å². The first-order chi connectivity index (χ1) is 34.5. The Labute approximate surface area is 427 Å². The van der Waals surface area contributed by atoms with Crippen molar-refractivity contribution in [3.63, 3.8) is 0 Å². The molecule has 3 amide bonds. The molecule has 378 valence electrons. The number of piperazine rings is 2. The van der Waals surface area contributed by atoms with E-state index in [0.29, 0.717) is 41.7 Å². The van der Waals surface area contributed by atoms with Crippen LogP contribution in [0.5, 0.6) is 5.75 Å². The van der Waals surface area contributed by atoms with Gasteiger partial charge in [-0.25, -0.2) is 9.59 Å². The summed E-state index contributed by atoms with van der Waals surface area (Å²) in [5.74, 6) is -0.927. The summed E-state index contributed by atoms with van der Waals surface area (Å²) in [6.45, 7) is 10.5. The maximum absolute atomic E-state index is 14.2. The summed E-state index contributed by atoms with van der Waals surface area (Å²) < 4.78 is 57.0. The van der Waals surface area contributed by atoms with Gasteiger partial charge in [-0.2, -0.15) is 0 Å². The predicted molar refractivity (Wildman–Crippen MR) is 272 cm³/mol. The highest BCUT2D eigenvalue weighted by molar-refractivity contribution is 6.36. The number of aryl methyl sites for hydroxylation is 1. The summed E-state index contributed by atoms with van der Waals surface area (Å²) in [6.07, 6.45) is -3.01. The molecule has 0 saturated carbocycles. The van der Waals surface area contributed by atoms with Crippen molar-refractivity contribution < 1.29 is 41.8 Å². The Morgan fingerprint density at radius 2 is 1.38 bits per heavy atom. The molecule has 5 aromatic carbocycles. The van der Waals surface area contributed by atoms with Crippen LogP contribution in [-0.2, 0) is 33.8 Å². The fraction of sp³-hybridized carbons (Fsp3) is 0.364. The van der Waals surface area contributed by atoms with Gasteiger partial charge in [0.1, 0.15) is 24.0 Å². The Morgan fingerprint density at radius 3 is 2.01 bits per heavy atom. The lowest BCUT2D eigenvalue weighted by Gasteiger charge is -2.40. The summed E-state index contributed by atoms with van der Waals surface area (Å²) >= 11 is 12.9. The Morgan fingerprint density at radius 1 is 0.736 bits per heavy atom. The number of carbonyl (C=O) groups excluding carboxylic acids is 3. The zero-order valence-electron chi connectivity index (χ0n) is 40.4. The van der Waals surface area contributed by atoms with Crippen LogP contribution in [0.2, 0.25) is 10.0 Å². The molecule has 0 radical (unpaired) electrons. The van der Waals surface area contributed by atoms with Crippen molar-refractivity contribution in [2.45, 2.75) is 70.6 Å². The number of rotatable bonds is 13. The summed E-state index contributed by atoms with van der Waals surface area (Å²) in [6, 6.07) is 32.7. The highest BCUT2D eigenvalue weighted by Gasteiger charge is 2.40. The van der Waals surface area contributed by atoms with Crippen LogP contribution in [0.15, 0.2) is 115 Å². The maximum atomic E-state index is 14.2. The van der Waals surface area contributed by atoms with E-state index in [2.05, 4.69) is 50.2 Å². The van der Waals surface area contributed by atoms with Crippen LogP contribution in [0.25, 0.3) is 27.7 Å². The monoisotopic (exact) mass is 1020 g/mol. The molecule has 1 aliphatic carbocycles. The fourth-order valence-electron chi connectivity index (χ4n) is 9.94. The van der Waals surface area contributed by atoms with E-state index in [1.807, 2.05) is 65.4 Å². The van der Waals surface area contributed by atoms with Gasteiger partial charge >= 0.3 is 18.5 Å². The molecule has 1 atom stereocenters. The third-order valence-electron chi connectivity index (χ3n) is 13.4. The van der Waals surface area contributed by atoms with Crippen molar-refractivity contribution >= 4 is 52.2 Å². The van der Waals surface area contributed by atoms with E-state index in [-0.39, 0.29) is 44.5 Å². The highest BCUT2D eigenvalue weighted by Crippen LogP contribution is 2.44. The number of nitrogens with zero attached hydrogens (tertiary/aromatic N) is 5. The third-order valence-corrected chi connectivity index (χ3v) is 14.2. The molecular weight excluding hydrogens is 969 g/mol. The lowest BCUT2D eigenvalue weighted by molar-refractivity contribution is -0.274. The molecule has 6 aromatic rings. The number of ether oxygens (including phenoxy) is 3. The number of amides is 3. The predicted octanol–water partition coefficient (Wildman–Crippen LogP) is 11.1. The van der Waals surface area contributed by atoms with E-state index in [1.165, 1.54) is 21.9 Å². The van der Waals surface area contributed by atoms with Crippen molar-refractivity contribution in [1.82, 2.24) is 29.5 Å². The second-order valence-electron chi connectivity index (χ2n) is 19.5. The number of halogens is 5. The second-order valence-corrected chi connectivity index (χ2v) is 20.3. The van der Waals surface area contributed by atoms with E-state index in [1.54, 1.807) is 32.9 Å². The zero-order valence-corrected chi connectivity index (χ0v) is 41.9. The van der Waals surface area contributed by atoms with Gasteiger partial charge in [0.05, 0.1) is 12.1 Å². The molecule has 1 unspecified atom stereocenters. The number of alkyl halides is 3. The number of aromatic nitrogens is 1. The second kappa shape index (κ2) is 21.4. The van der Waals surface area contributed by atoms with Gasteiger partial charge in [-0.15, -0.1) is 13.2 Å². The van der Waals surface area contributed by atoms with E-state index in [0.717, 1.165) is 76.0 Å². The summed E-state index contributed by atoms with van der Waals surface area (Å²) in [7, 11) is 0. The topological polar surface area (TPSA) is 109 Å². The maximum Gasteiger partial charge on any atom is 0.573 e. The first kappa shape index (κ1) is 50.7. The zero-order chi connectivity index (χ0) is 50.7. The largest absolute Gasteiger partial charge is 0.573 e. The Balaban J connectivity index is 0.880. The molecule has 1 aromatic heterocycles. The average Bonchev–Trinajstić information content (AvgIpc) is 3.87. The minimum Gasteiger partial charge on any atom is -0.448 e. The molecule has 0 bridgehead atoms. The molecule has 3 aliphatic rings. The normalized spacial score (nSPS) is 16.6. The van der Waals surface area contributed by atoms with Crippen molar-refractivity contribution in [1.29, 1.82) is 0 Å². The van der Waals surface area contributed by atoms with Gasteiger partial charge in [0.15, 0.2) is 0 Å². The minimum atomic E-state index is -4.82. The van der Waals surface area contributed by atoms with E-state index < -0.39 is 36.1 Å². The SMILES string of the molecule is CC(C)(C)OC(=O)N1CCN(C(=O)OCC2c3ccccc3-c3ccccc32)C(C(=O)NCCCc2cn(-c3ccc(OC(F)(F)F)cc3)c3cc(CN4CCN(Cc5c(Cl)cccc5Cl)CC4)ccc23)C1. The van der Waals surface area contributed by atoms with Gasteiger partial charge in [0, 0.05) is 97.7 Å². The first-order valence-corrected chi connectivity index (χ1v) is 25.0. The molecule has 12 nitrogen and oxygen atoms in total. The molecular formula is C55H57Cl2F3N6O6. The fourth-order valence-corrected chi connectivity index (χ4v) is 10.5. The van der Waals surface area contributed by atoms with Crippen LogP contribution >= 0.6 is 23.2 Å². The number of hydrogen-bond donors (Lipinski definition) is 1. The molecule has 9 rings (SSSR count). The van der Waals surface area contributed by atoms with Crippen LogP contribution in [0.4, 0.5) is 22.8 Å². The average molecular weight is 1030 g/mol. The van der Waals surface area contributed by atoms with Crippen LogP contribution in [-0.4, -0.2) is 119 Å². The Hall–Kier alpha value is -6.26. The smallest absolute Gasteiger partial charge is 0.448 e. The van der Waals surface area contributed by atoms with Crippen LogP contribution in [0, 0.1) is 0 Å². The van der Waals surface area contributed by atoms with E-state index >= 15 is 0 Å². The van der Waals surface area contributed by atoms with E-state index in [9.17, 15) is 27.6 Å². The number of hydrogen-bond acceptors (Lipinski definition) is 8. The molecule has 2 saturated heterocycles. The Bertz CT molecular complexity index is 2870. The number of nitrogens with one attached hydrogen (secondary N) is 1. The summed E-state index contributed by atoms with van der Waals surface area (Å²) in [5, 5.41) is 5.29. The third kappa shape index (κ3) is 11.8. The Kier molecular flexibility index (Phi) is 15.1. The highest BCUT2D eigenvalue weighted by atomic mass is 35.5. The summed E-state index contributed by atoms with van der Waals surface area (Å²) in [5.41, 5.74) is 8.06. The van der Waals surface area contributed by atoms with Gasteiger partial charge in [0.25, 0.3) is 0 Å². The lowest BCUT2D eigenvalue weighted by atomic mass is 9.98. The van der Waals surface area contributed by atoms with Gasteiger partial charge in [-0.1, -0.05) is 89.9 Å². The molecule has 3 heterocycles. The first-order valence-electron chi connectivity index (χ1n) is 24.2. The molecule has 17 heteroatoms. The van der Waals surface area contributed by atoms with Gasteiger partial charge in [-0.3, -0.25) is 19.5 Å². The van der Waals surface area contributed by atoms with E-state index in [4.69, 9.17) is 32.7 Å². The number of carbonyl (C=O) groups is 3. The van der Waals surface area contributed by atoms with Crippen LogP contribution in [0.3, 0.4) is 0 Å². The minimum absolute atomic E-state index is 0.0634. The van der Waals surface area contributed by atoms with Crippen molar-refractivity contribution in [2.24, 2.45) is 0 Å². The standard InChI is InChI=1S/C55H57Cl2F3N6O6/c1-54(2,3)72-52(68)64-28-29-65(53(69)70-35-46-43-13-6-4-11-41(43)42-12-5-7-14-44(42)46)50(34-64)51(67)61-23-9-10-37-32-66(38-18-20-39(21-19-38)71-55(58,59)60)49-30-36(17-22-40(37)49)31-62-24-26-63(27-25-62)33-45-47(56)15-8-16-48(45)57/h4-8,11-22,30,32,46,50H,9-10,23-29,31,33-35H2,1-3H3,(H,61,67). The molecule has 72 heavy (non-hydrogen) atoms. The van der Waals surface area contributed by atoms with Crippen molar-refractivity contribution in [3.05, 3.63) is 153 Å². The van der Waals surface area contributed by atoms with Gasteiger partial charge in [-0.05, 0) is 109 Å². The molecule has 2 aliphatic heterocycles. The number of benzene rings is 5.